The van der Waals surface area contributed by atoms with Gasteiger partial charge in [0.2, 0.25) is 0 Å². The molecule has 76 valence electrons. The number of piperidine rings is 1. The van der Waals surface area contributed by atoms with Gasteiger partial charge in [-0.15, -0.1) is 0 Å². The fourth-order valence-electron chi connectivity index (χ4n) is 3.01. The Hall–Kier alpha value is -0.0400. The number of nitrogens with zero attached hydrogens (tertiary/aromatic N) is 1. The Morgan fingerprint density at radius 1 is 1.31 bits per heavy atom. The fraction of sp³-hybridized carbons (Fsp3) is 1.00. The van der Waals surface area contributed by atoms with E-state index >= 15 is 0 Å². The van der Waals surface area contributed by atoms with Crippen molar-refractivity contribution < 1.29 is 0 Å². The third kappa shape index (κ3) is 1.63. The third-order valence-corrected chi connectivity index (χ3v) is 3.75. The van der Waals surface area contributed by atoms with Crippen LogP contribution in [0.3, 0.4) is 0 Å². The predicted molar refractivity (Wildman–Crippen MR) is 56.8 cm³/mol. The molecule has 0 spiro atoms. The van der Waals surface area contributed by atoms with Crippen molar-refractivity contribution in [2.24, 2.45) is 11.8 Å². The van der Waals surface area contributed by atoms with Crippen LogP contribution < -0.4 is 0 Å². The molecule has 1 heterocycles. The fourth-order valence-corrected chi connectivity index (χ4v) is 3.01. The van der Waals surface area contributed by atoms with E-state index in [4.69, 9.17) is 0 Å². The molecule has 1 aliphatic heterocycles. The van der Waals surface area contributed by atoms with Crippen molar-refractivity contribution in [1.82, 2.24) is 4.90 Å². The van der Waals surface area contributed by atoms with Crippen LogP contribution in [0.1, 0.15) is 47.0 Å². The van der Waals surface area contributed by atoms with Gasteiger partial charge in [-0.1, -0.05) is 13.3 Å². The lowest BCUT2D eigenvalue weighted by molar-refractivity contribution is 0.0940. The molecule has 0 bridgehead atoms. The Labute approximate surface area is 82.5 Å². The van der Waals surface area contributed by atoms with Gasteiger partial charge in [-0.2, -0.15) is 0 Å². The number of hydrogen-bond donors (Lipinski definition) is 0. The molecule has 0 radical (unpaired) electrons. The zero-order valence-electron chi connectivity index (χ0n) is 9.51. The van der Waals surface area contributed by atoms with E-state index in [0.29, 0.717) is 5.54 Å². The van der Waals surface area contributed by atoms with Crippen LogP contribution in [0, 0.1) is 11.8 Å². The van der Waals surface area contributed by atoms with E-state index < -0.39 is 0 Å². The molecular formula is C12H23N. The molecule has 1 nitrogen and oxygen atoms in total. The second kappa shape index (κ2) is 2.98. The SMILES string of the molecule is CCCC1C2CC2CN1C(C)(C)C. The van der Waals surface area contributed by atoms with E-state index in [1.54, 1.807) is 0 Å². The molecule has 3 atom stereocenters. The van der Waals surface area contributed by atoms with Crippen LogP contribution in [0.5, 0.6) is 0 Å². The van der Waals surface area contributed by atoms with Crippen molar-refractivity contribution in [3.8, 4) is 0 Å². The summed E-state index contributed by atoms with van der Waals surface area (Å²) in [4.78, 5) is 2.75. The van der Waals surface area contributed by atoms with Crippen molar-refractivity contribution in [3.63, 3.8) is 0 Å². The molecule has 0 aromatic rings. The number of hydrogen-bond acceptors (Lipinski definition) is 1. The molecule has 1 heteroatoms. The highest BCUT2D eigenvalue weighted by Crippen LogP contribution is 2.52. The first-order valence-corrected chi connectivity index (χ1v) is 5.80. The van der Waals surface area contributed by atoms with Crippen molar-refractivity contribution in [3.05, 3.63) is 0 Å². The van der Waals surface area contributed by atoms with Gasteiger partial charge in [0.15, 0.2) is 0 Å². The maximum Gasteiger partial charge on any atom is 0.0132 e. The van der Waals surface area contributed by atoms with Gasteiger partial charge >= 0.3 is 0 Å². The first-order chi connectivity index (χ1) is 6.04. The zero-order chi connectivity index (χ0) is 9.64. The first-order valence-electron chi connectivity index (χ1n) is 5.80. The quantitative estimate of drug-likeness (QED) is 0.633. The zero-order valence-corrected chi connectivity index (χ0v) is 9.51. The van der Waals surface area contributed by atoms with Crippen LogP contribution in [0.25, 0.3) is 0 Å². The highest BCUT2D eigenvalue weighted by atomic mass is 15.3. The van der Waals surface area contributed by atoms with Gasteiger partial charge in [-0.25, -0.2) is 0 Å². The molecule has 3 unspecified atom stereocenters. The van der Waals surface area contributed by atoms with Crippen LogP contribution in [-0.4, -0.2) is 23.0 Å². The monoisotopic (exact) mass is 181 g/mol. The molecule has 0 N–H and O–H groups in total. The summed E-state index contributed by atoms with van der Waals surface area (Å²) in [6.45, 7) is 10.8. The normalized spacial score (nSPS) is 39.2. The van der Waals surface area contributed by atoms with E-state index in [-0.39, 0.29) is 0 Å². The molecule has 1 saturated heterocycles. The van der Waals surface area contributed by atoms with E-state index in [1.807, 2.05) is 0 Å². The summed E-state index contributed by atoms with van der Waals surface area (Å²) in [5, 5.41) is 0. The molecule has 0 aromatic carbocycles. The van der Waals surface area contributed by atoms with E-state index in [2.05, 4.69) is 32.6 Å². The second-order valence-corrected chi connectivity index (χ2v) is 5.84. The van der Waals surface area contributed by atoms with Crippen molar-refractivity contribution in [2.75, 3.05) is 6.54 Å². The summed E-state index contributed by atoms with van der Waals surface area (Å²) < 4.78 is 0. The molecule has 13 heavy (non-hydrogen) atoms. The Balaban J connectivity index is 2.03. The Kier molecular flexibility index (Phi) is 2.18. The Morgan fingerprint density at radius 3 is 2.54 bits per heavy atom. The lowest BCUT2D eigenvalue weighted by Crippen LogP contribution is -2.46. The van der Waals surface area contributed by atoms with Gasteiger partial charge in [0.25, 0.3) is 0 Å². The summed E-state index contributed by atoms with van der Waals surface area (Å²) >= 11 is 0. The largest absolute Gasteiger partial charge is 0.295 e. The third-order valence-electron chi connectivity index (χ3n) is 3.75. The molecule has 2 fully saturated rings. The maximum absolute atomic E-state index is 2.75. The predicted octanol–water partition coefficient (Wildman–Crippen LogP) is 2.91. The van der Waals surface area contributed by atoms with E-state index in [9.17, 15) is 0 Å². The molecule has 2 rings (SSSR count). The van der Waals surface area contributed by atoms with Crippen LogP contribution in [0.15, 0.2) is 0 Å². The molecule has 1 aliphatic carbocycles. The lowest BCUT2D eigenvalue weighted by Gasteiger charge is -2.39. The summed E-state index contributed by atoms with van der Waals surface area (Å²) in [6, 6.07) is 0.912. The second-order valence-electron chi connectivity index (χ2n) is 5.84. The Morgan fingerprint density at radius 2 is 2.00 bits per heavy atom. The number of likely N-dealkylation sites (tertiary alicyclic amines) is 1. The minimum atomic E-state index is 0.396. The minimum absolute atomic E-state index is 0.396. The summed E-state index contributed by atoms with van der Waals surface area (Å²) in [7, 11) is 0. The van der Waals surface area contributed by atoms with Crippen LogP contribution >= 0.6 is 0 Å². The van der Waals surface area contributed by atoms with Gasteiger partial charge in [-0.3, -0.25) is 4.90 Å². The van der Waals surface area contributed by atoms with Crippen LogP contribution in [-0.2, 0) is 0 Å². The van der Waals surface area contributed by atoms with Gasteiger partial charge in [0, 0.05) is 18.1 Å². The van der Waals surface area contributed by atoms with Gasteiger partial charge in [0.1, 0.15) is 0 Å². The van der Waals surface area contributed by atoms with Crippen molar-refractivity contribution >= 4 is 0 Å². The highest BCUT2D eigenvalue weighted by molar-refractivity contribution is 5.06. The average Bonchev–Trinajstić information content (AvgIpc) is 2.68. The minimum Gasteiger partial charge on any atom is -0.295 e. The molecule has 0 aromatic heterocycles. The average molecular weight is 181 g/mol. The van der Waals surface area contributed by atoms with E-state index in [0.717, 1.165) is 17.9 Å². The number of rotatable bonds is 2. The summed E-state index contributed by atoms with van der Waals surface area (Å²) in [5.41, 5.74) is 0.396. The van der Waals surface area contributed by atoms with Crippen molar-refractivity contribution in [2.45, 2.75) is 58.5 Å². The molecule has 2 aliphatic rings. The Bertz CT molecular complexity index is 192. The van der Waals surface area contributed by atoms with E-state index in [1.165, 1.54) is 25.8 Å². The standard InChI is InChI=1S/C12H23N/c1-5-6-11-10-7-9(10)8-13(11)12(2,3)4/h9-11H,5-8H2,1-4H3. The van der Waals surface area contributed by atoms with Crippen LogP contribution in [0.4, 0.5) is 0 Å². The molecule has 0 amide bonds. The number of fused-ring (bicyclic) bond motifs is 1. The van der Waals surface area contributed by atoms with Crippen LogP contribution in [0.2, 0.25) is 0 Å². The summed E-state index contributed by atoms with van der Waals surface area (Å²) in [6.07, 6.45) is 4.29. The lowest BCUT2D eigenvalue weighted by atomic mass is 10.00. The highest BCUT2D eigenvalue weighted by Gasteiger charge is 2.53. The molecule has 1 saturated carbocycles. The maximum atomic E-state index is 2.75. The smallest absolute Gasteiger partial charge is 0.0132 e. The van der Waals surface area contributed by atoms with Gasteiger partial charge in [0.05, 0.1) is 0 Å². The first kappa shape index (κ1) is 9.51. The van der Waals surface area contributed by atoms with Gasteiger partial charge in [-0.05, 0) is 45.4 Å². The topological polar surface area (TPSA) is 3.24 Å². The summed E-state index contributed by atoms with van der Waals surface area (Å²) in [5.74, 6) is 2.13. The van der Waals surface area contributed by atoms with Gasteiger partial charge < -0.3 is 0 Å². The van der Waals surface area contributed by atoms with Crippen molar-refractivity contribution in [1.29, 1.82) is 0 Å². The molecular weight excluding hydrogens is 158 g/mol.